The van der Waals surface area contributed by atoms with Crippen LogP contribution in [0.2, 0.25) is 0 Å². The van der Waals surface area contributed by atoms with E-state index in [1.807, 2.05) is 11.8 Å². The lowest BCUT2D eigenvalue weighted by Crippen LogP contribution is -2.20. The predicted molar refractivity (Wildman–Crippen MR) is 59.6 cm³/mol. The van der Waals surface area contributed by atoms with Gasteiger partial charge < -0.3 is 4.90 Å². The highest BCUT2D eigenvalue weighted by Crippen LogP contribution is 2.43. The molecule has 0 saturated carbocycles. The third-order valence-electron chi connectivity index (χ3n) is 2.80. The van der Waals surface area contributed by atoms with Crippen molar-refractivity contribution in [1.82, 2.24) is 0 Å². The Kier molecular flexibility index (Phi) is 2.03. The monoisotopic (exact) mass is 193 g/mol. The summed E-state index contributed by atoms with van der Waals surface area (Å²) in [5, 5.41) is 0.580. The summed E-state index contributed by atoms with van der Waals surface area (Å²) in [6.07, 6.45) is 0. The average molecular weight is 193 g/mol. The Balaban J connectivity index is 2.53. The number of fused-ring (bicyclic) bond motifs is 1. The van der Waals surface area contributed by atoms with Gasteiger partial charge in [0.2, 0.25) is 0 Å². The van der Waals surface area contributed by atoms with E-state index in [0.717, 1.165) is 0 Å². The molecule has 1 aliphatic rings. The normalized spacial score (nSPS) is 20.6. The fourth-order valence-electron chi connectivity index (χ4n) is 1.60. The van der Waals surface area contributed by atoms with Crippen LogP contribution >= 0.6 is 11.8 Å². The van der Waals surface area contributed by atoms with E-state index in [2.05, 4.69) is 44.9 Å². The number of hydrogen-bond acceptors (Lipinski definition) is 2. The van der Waals surface area contributed by atoms with Crippen molar-refractivity contribution in [1.29, 1.82) is 0 Å². The Morgan fingerprint density at radius 1 is 1.23 bits per heavy atom. The number of rotatable bonds is 0. The van der Waals surface area contributed by atoms with Crippen molar-refractivity contribution in [2.75, 3.05) is 11.9 Å². The maximum Gasteiger partial charge on any atom is 0.0766 e. The highest BCUT2D eigenvalue weighted by atomic mass is 32.2. The van der Waals surface area contributed by atoms with E-state index in [1.165, 1.54) is 21.7 Å². The zero-order chi connectivity index (χ0) is 9.59. The Hall–Kier alpha value is -0.630. The minimum Gasteiger partial charge on any atom is -0.362 e. The largest absolute Gasteiger partial charge is 0.362 e. The molecule has 1 nitrogen and oxygen atoms in total. The first-order valence-corrected chi connectivity index (χ1v) is 5.48. The lowest BCUT2D eigenvalue weighted by molar-refractivity contribution is 0.922. The molecule has 0 N–H and O–H groups in total. The minimum absolute atomic E-state index is 0.580. The summed E-state index contributed by atoms with van der Waals surface area (Å²) < 4.78 is 0. The van der Waals surface area contributed by atoms with Gasteiger partial charge in [0.1, 0.15) is 0 Å². The van der Waals surface area contributed by atoms with Gasteiger partial charge in [-0.2, -0.15) is 0 Å². The molecule has 0 amide bonds. The van der Waals surface area contributed by atoms with Gasteiger partial charge >= 0.3 is 0 Å². The molecular weight excluding hydrogens is 178 g/mol. The smallest absolute Gasteiger partial charge is 0.0766 e. The summed E-state index contributed by atoms with van der Waals surface area (Å²) in [6, 6.07) is 4.59. The van der Waals surface area contributed by atoms with Crippen molar-refractivity contribution >= 4 is 17.4 Å². The Labute approximate surface area is 84.1 Å². The zero-order valence-electron chi connectivity index (χ0n) is 8.59. The molecule has 1 unspecified atom stereocenters. The van der Waals surface area contributed by atoms with Crippen LogP contribution in [0.1, 0.15) is 18.1 Å². The molecule has 0 aromatic heterocycles. The number of aryl methyl sites for hydroxylation is 2. The van der Waals surface area contributed by atoms with Crippen LogP contribution in [0.4, 0.5) is 5.69 Å². The van der Waals surface area contributed by atoms with Crippen LogP contribution in [0.25, 0.3) is 0 Å². The van der Waals surface area contributed by atoms with Crippen LogP contribution in [0.3, 0.4) is 0 Å². The zero-order valence-corrected chi connectivity index (χ0v) is 9.40. The molecule has 2 rings (SSSR count). The van der Waals surface area contributed by atoms with E-state index in [0.29, 0.717) is 5.37 Å². The van der Waals surface area contributed by atoms with E-state index in [4.69, 9.17) is 0 Å². The Morgan fingerprint density at radius 2 is 1.85 bits per heavy atom. The molecule has 0 aliphatic carbocycles. The molecule has 1 heterocycles. The third kappa shape index (κ3) is 1.33. The maximum absolute atomic E-state index is 2.34. The van der Waals surface area contributed by atoms with E-state index >= 15 is 0 Å². The minimum atomic E-state index is 0.580. The number of benzene rings is 1. The number of nitrogens with zero attached hydrogens (tertiary/aromatic N) is 1. The SMILES string of the molecule is Cc1cc2c(cc1C)N(C)C(C)S2. The molecule has 0 spiro atoms. The van der Waals surface area contributed by atoms with Gasteiger partial charge in [0.25, 0.3) is 0 Å². The van der Waals surface area contributed by atoms with Crippen LogP contribution in [0.15, 0.2) is 17.0 Å². The second kappa shape index (κ2) is 2.95. The van der Waals surface area contributed by atoms with Gasteiger partial charge in [-0.1, -0.05) is 11.8 Å². The van der Waals surface area contributed by atoms with Gasteiger partial charge in [0, 0.05) is 11.9 Å². The van der Waals surface area contributed by atoms with Gasteiger partial charge in [-0.3, -0.25) is 0 Å². The predicted octanol–water partition coefficient (Wildman–Crippen LogP) is 3.19. The van der Waals surface area contributed by atoms with Gasteiger partial charge in [-0.25, -0.2) is 0 Å². The lowest BCUT2D eigenvalue weighted by Gasteiger charge is -2.17. The van der Waals surface area contributed by atoms with Crippen molar-refractivity contribution in [3.63, 3.8) is 0 Å². The van der Waals surface area contributed by atoms with Crippen molar-refractivity contribution in [2.45, 2.75) is 31.0 Å². The van der Waals surface area contributed by atoms with E-state index in [9.17, 15) is 0 Å². The summed E-state index contributed by atoms with van der Waals surface area (Å²) in [7, 11) is 2.16. The van der Waals surface area contributed by atoms with Gasteiger partial charge in [0.15, 0.2) is 0 Å². The molecule has 0 radical (unpaired) electrons. The third-order valence-corrected chi connectivity index (χ3v) is 4.04. The number of hydrogen-bond donors (Lipinski definition) is 0. The fraction of sp³-hybridized carbons (Fsp3) is 0.455. The molecular formula is C11H15NS. The van der Waals surface area contributed by atoms with Crippen LogP contribution < -0.4 is 4.90 Å². The first-order chi connectivity index (χ1) is 6.09. The summed E-state index contributed by atoms with van der Waals surface area (Å²) >= 11 is 1.95. The average Bonchev–Trinajstić information content (AvgIpc) is 2.32. The standard InChI is InChI=1S/C11H15NS/c1-7-5-10-11(6-8(7)2)13-9(3)12(10)4/h5-6,9H,1-4H3. The van der Waals surface area contributed by atoms with Gasteiger partial charge in [0.05, 0.1) is 11.1 Å². The molecule has 1 aromatic carbocycles. The van der Waals surface area contributed by atoms with Crippen molar-refractivity contribution < 1.29 is 0 Å². The first kappa shape index (κ1) is 8.95. The Bertz CT molecular complexity index is 346. The fourth-order valence-corrected chi connectivity index (χ4v) is 2.81. The highest BCUT2D eigenvalue weighted by molar-refractivity contribution is 8.00. The second-order valence-corrected chi connectivity index (χ2v) is 5.09. The summed E-state index contributed by atoms with van der Waals surface area (Å²) in [6.45, 7) is 6.60. The first-order valence-electron chi connectivity index (χ1n) is 4.60. The summed E-state index contributed by atoms with van der Waals surface area (Å²) in [5.74, 6) is 0. The second-order valence-electron chi connectivity index (χ2n) is 3.73. The molecule has 0 bridgehead atoms. The van der Waals surface area contributed by atoms with Crippen molar-refractivity contribution in [3.05, 3.63) is 23.3 Å². The molecule has 2 heteroatoms. The van der Waals surface area contributed by atoms with Crippen LogP contribution in [0.5, 0.6) is 0 Å². The van der Waals surface area contributed by atoms with E-state index < -0.39 is 0 Å². The number of thioether (sulfide) groups is 1. The van der Waals surface area contributed by atoms with Gasteiger partial charge in [-0.15, -0.1) is 0 Å². The molecule has 13 heavy (non-hydrogen) atoms. The Morgan fingerprint density at radius 3 is 2.54 bits per heavy atom. The number of anilines is 1. The molecule has 0 fully saturated rings. The van der Waals surface area contributed by atoms with Crippen LogP contribution in [0, 0.1) is 13.8 Å². The van der Waals surface area contributed by atoms with E-state index in [-0.39, 0.29) is 0 Å². The quantitative estimate of drug-likeness (QED) is 0.622. The maximum atomic E-state index is 2.34. The summed E-state index contributed by atoms with van der Waals surface area (Å²) in [5.41, 5.74) is 4.18. The van der Waals surface area contributed by atoms with Crippen molar-refractivity contribution in [2.24, 2.45) is 0 Å². The molecule has 1 aliphatic heterocycles. The lowest BCUT2D eigenvalue weighted by atomic mass is 10.1. The van der Waals surface area contributed by atoms with Crippen LogP contribution in [-0.4, -0.2) is 12.4 Å². The van der Waals surface area contributed by atoms with E-state index in [1.54, 1.807) is 0 Å². The molecule has 0 saturated heterocycles. The van der Waals surface area contributed by atoms with Crippen LogP contribution in [-0.2, 0) is 0 Å². The van der Waals surface area contributed by atoms with Crippen molar-refractivity contribution in [3.8, 4) is 0 Å². The van der Waals surface area contributed by atoms with Gasteiger partial charge in [-0.05, 0) is 44.0 Å². The highest BCUT2D eigenvalue weighted by Gasteiger charge is 2.23. The molecule has 1 aromatic rings. The summed E-state index contributed by atoms with van der Waals surface area (Å²) in [4.78, 5) is 3.77. The molecule has 1 atom stereocenters. The topological polar surface area (TPSA) is 3.24 Å². The molecule has 70 valence electrons.